The molecule has 0 fully saturated rings. The number of benzene rings is 1. The molecule has 1 heterocycles. The minimum atomic E-state index is -0.275. The van der Waals surface area contributed by atoms with Crippen LogP contribution in [-0.2, 0) is 19.7 Å². The number of nitrogens with one attached hydrogen (secondary N) is 1. The summed E-state index contributed by atoms with van der Waals surface area (Å²) in [5, 5.41) is 2.70. The molecule has 3 rings (SSSR count). The van der Waals surface area contributed by atoms with Crippen molar-refractivity contribution in [2.45, 2.75) is 39.0 Å². The summed E-state index contributed by atoms with van der Waals surface area (Å²) in [7, 11) is 0. The summed E-state index contributed by atoms with van der Waals surface area (Å²) in [5.41, 5.74) is 3.38. The molecule has 140 valence electrons. The summed E-state index contributed by atoms with van der Waals surface area (Å²) < 4.78 is 11.0. The van der Waals surface area contributed by atoms with Gasteiger partial charge in [0, 0.05) is 6.08 Å². The number of allylic oxidation sites excluding steroid dienone is 4. The van der Waals surface area contributed by atoms with Crippen LogP contribution in [0.1, 0.15) is 44.7 Å². The first-order valence-corrected chi connectivity index (χ1v) is 9.11. The predicted molar refractivity (Wildman–Crippen MR) is 107 cm³/mol. The molecule has 0 spiro atoms. The Morgan fingerprint density at radius 1 is 1.15 bits per heavy atom. The summed E-state index contributed by atoms with van der Waals surface area (Å²) in [6.07, 6.45) is 14.1. The molecule has 1 N–H and O–H groups in total. The Bertz CT molecular complexity index is 847. The molecule has 2 aliphatic rings. The molecule has 0 aromatic heterocycles. The molecule has 0 bridgehead atoms. The Morgan fingerprint density at radius 3 is 2.59 bits per heavy atom. The van der Waals surface area contributed by atoms with E-state index in [-0.39, 0.29) is 17.2 Å². The monoisotopic (exact) mass is 363 g/mol. The fourth-order valence-corrected chi connectivity index (χ4v) is 2.76. The average Bonchev–Trinajstić information content (AvgIpc) is 2.67. The van der Waals surface area contributed by atoms with Crippen LogP contribution in [0.15, 0.2) is 78.3 Å². The second-order valence-corrected chi connectivity index (χ2v) is 7.56. The molecule has 0 unspecified atom stereocenters. The lowest BCUT2D eigenvalue weighted by Gasteiger charge is -2.19. The Hall–Kier alpha value is -3.01. The molecule has 1 amide bonds. The van der Waals surface area contributed by atoms with Crippen LogP contribution in [0.25, 0.3) is 6.08 Å². The summed E-state index contributed by atoms with van der Waals surface area (Å²) >= 11 is 0. The van der Waals surface area contributed by atoms with E-state index in [4.69, 9.17) is 9.47 Å². The molecule has 0 atom stereocenters. The molecule has 1 aromatic carbocycles. The van der Waals surface area contributed by atoms with Crippen molar-refractivity contribution in [3.63, 3.8) is 0 Å². The number of carbonyl (C=O) groups excluding carboxylic acids is 1. The molecule has 27 heavy (non-hydrogen) atoms. The van der Waals surface area contributed by atoms with E-state index in [2.05, 4.69) is 44.3 Å². The smallest absolute Gasteiger partial charge is 0.250 e. The first kappa shape index (κ1) is 18.8. The number of hydrogen-bond donors (Lipinski definition) is 1. The highest BCUT2D eigenvalue weighted by Gasteiger charge is 2.16. The number of carbonyl (C=O) groups is 1. The van der Waals surface area contributed by atoms with Crippen molar-refractivity contribution in [2.75, 3.05) is 0 Å². The van der Waals surface area contributed by atoms with Crippen molar-refractivity contribution in [2.24, 2.45) is 0 Å². The lowest BCUT2D eigenvalue weighted by Crippen LogP contribution is -2.23. The molecule has 1 aliphatic heterocycles. The van der Waals surface area contributed by atoms with Gasteiger partial charge in [0.2, 0.25) is 5.88 Å². The maximum atomic E-state index is 12.2. The number of ether oxygens (including phenoxy) is 2. The largest absolute Gasteiger partial charge is 0.463 e. The van der Waals surface area contributed by atoms with Gasteiger partial charge in [-0.05, 0) is 41.0 Å². The summed E-state index contributed by atoms with van der Waals surface area (Å²) in [4.78, 5) is 12.2. The van der Waals surface area contributed by atoms with Crippen LogP contribution in [0, 0.1) is 0 Å². The van der Waals surface area contributed by atoms with Gasteiger partial charge in [-0.25, -0.2) is 0 Å². The highest BCUT2D eigenvalue weighted by atomic mass is 16.6. The summed E-state index contributed by atoms with van der Waals surface area (Å²) in [5.74, 6) is 0.628. The first-order valence-electron chi connectivity index (χ1n) is 9.11. The van der Waals surface area contributed by atoms with Crippen LogP contribution < -0.4 is 5.32 Å². The molecular weight excluding hydrogens is 338 g/mol. The Labute approximate surface area is 160 Å². The van der Waals surface area contributed by atoms with Gasteiger partial charge in [0.15, 0.2) is 12.0 Å². The third-order valence-electron chi connectivity index (χ3n) is 4.35. The number of amides is 1. The standard InChI is InChI=1S/C23H25NO3/c1-23(2,3)19-12-9-17(10-13-19)11-14-21(25)24-22-16-26-15-20(27-22)18-7-5-4-6-8-18/h4-5,7,9-16H,6,8H2,1-3H3,(H,24,25)/b14-11+. The van der Waals surface area contributed by atoms with Crippen molar-refractivity contribution in [1.29, 1.82) is 0 Å². The van der Waals surface area contributed by atoms with E-state index in [1.165, 1.54) is 17.9 Å². The number of rotatable bonds is 4. The average molecular weight is 363 g/mol. The molecule has 0 radical (unpaired) electrons. The molecule has 1 aliphatic carbocycles. The predicted octanol–water partition coefficient (Wildman–Crippen LogP) is 5.08. The maximum absolute atomic E-state index is 12.2. The van der Waals surface area contributed by atoms with E-state index >= 15 is 0 Å². The highest BCUT2D eigenvalue weighted by Crippen LogP contribution is 2.25. The zero-order valence-corrected chi connectivity index (χ0v) is 16.0. The zero-order chi connectivity index (χ0) is 19.3. The van der Waals surface area contributed by atoms with Crippen LogP contribution in [0.5, 0.6) is 0 Å². The van der Waals surface area contributed by atoms with Gasteiger partial charge in [-0.2, -0.15) is 0 Å². The van der Waals surface area contributed by atoms with Gasteiger partial charge in [0.05, 0.1) is 0 Å². The summed E-state index contributed by atoms with van der Waals surface area (Å²) in [6.45, 7) is 6.52. The van der Waals surface area contributed by atoms with Crippen molar-refractivity contribution in [3.05, 3.63) is 89.4 Å². The molecule has 0 saturated carbocycles. The molecular formula is C23H25NO3. The fourth-order valence-electron chi connectivity index (χ4n) is 2.76. The fraction of sp³-hybridized carbons (Fsp3) is 0.261. The Morgan fingerprint density at radius 2 is 1.93 bits per heavy atom. The van der Waals surface area contributed by atoms with E-state index in [9.17, 15) is 4.79 Å². The van der Waals surface area contributed by atoms with Crippen LogP contribution >= 0.6 is 0 Å². The van der Waals surface area contributed by atoms with E-state index < -0.39 is 0 Å². The summed E-state index contributed by atoms with van der Waals surface area (Å²) in [6, 6.07) is 8.19. The second-order valence-electron chi connectivity index (χ2n) is 7.56. The van der Waals surface area contributed by atoms with Crippen LogP contribution in [0.2, 0.25) is 0 Å². The number of hydrogen-bond acceptors (Lipinski definition) is 3. The lowest BCUT2D eigenvalue weighted by atomic mass is 9.87. The quantitative estimate of drug-likeness (QED) is 0.759. The van der Waals surface area contributed by atoms with Gasteiger partial charge in [0.1, 0.15) is 6.26 Å². The zero-order valence-electron chi connectivity index (χ0n) is 16.0. The SMILES string of the molecule is CC(C)(C)c1ccc(/C=C/C(=O)NC2=COC=C(C3=CC=CCC3)O2)cc1. The van der Waals surface area contributed by atoms with E-state index in [0.717, 1.165) is 24.0 Å². The Kier molecular flexibility index (Phi) is 5.65. The van der Waals surface area contributed by atoms with Gasteiger partial charge in [-0.3, -0.25) is 10.1 Å². The van der Waals surface area contributed by atoms with Crippen LogP contribution in [-0.4, -0.2) is 5.91 Å². The molecule has 0 saturated heterocycles. The van der Waals surface area contributed by atoms with Crippen molar-refractivity contribution >= 4 is 12.0 Å². The lowest BCUT2D eigenvalue weighted by molar-refractivity contribution is -0.116. The normalized spacial score (nSPS) is 16.8. The van der Waals surface area contributed by atoms with Gasteiger partial charge >= 0.3 is 0 Å². The van der Waals surface area contributed by atoms with Crippen LogP contribution in [0.4, 0.5) is 0 Å². The maximum Gasteiger partial charge on any atom is 0.250 e. The molecule has 4 nitrogen and oxygen atoms in total. The Balaban J connectivity index is 1.56. The van der Waals surface area contributed by atoms with Crippen molar-refractivity contribution in [3.8, 4) is 0 Å². The van der Waals surface area contributed by atoms with E-state index in [0.29, 0.717) is 5.76 Å². The van der Waals surface area contributed by atoms with Gasteiger partial charge in [-0.15, -0.1) is 0 Å². The highest BCUT2D eigenvalue weighted by molar-refractivity contribution is 5.92. The van der Waals surface area contributed by atoms with Gasteiger partial charge in [-0.1, -0.05) is 63.3 Å². The second kappa shape index (κ2) is 8.12. The molecule has 4 heteroatoms. The van der Waals surface area contributed by atoms with E-state index in [1.807, 2.05) is 24.3 Å². The topological polar surface area (TPSA) is 47.6 Å². The first-order chi connectivity index (χ1) is 12.9. The third kappa shape index (κ3) is 5.23. The van der Waals surface area contributed by atoms with Crippen molar-refractivity contribution < 1.29 is 14.3 Å². The van der Waals surface area contributed by atoms with Crippen molar-refractivity contribution in [1.82, 2.24) is 5.32 Å². The molecule has 1 aromatic rings. The van der Waals surface area contributed by atoms with Gasteiger partial charge in [0.25, 0.3) is 5.91 Å². The minimum absolute atomic E-state index is 0.110. The van der Waals surface area contributed by atoms with E-state index in [1.54, 1.807) is 12.3 Å². The van der Waals surface area contributed by atoms with Crippen LogP contribution in [0.3, 0.4) is 0 Å². The third-order valence-corrected chi connectivity index (χ3v) is 4.35. The van der Waals surface area contributed by atoms with Gasteiger partial charge < -0.3 is 9.47 Å². The minimum Gasteiger partial charge on any atom is -0.463 e.